The molecule has 110 valence electrons. The van der Waals surface area contributed by atoms with Gasteiger partial charge >= 0.3 is 0 Å². The van der Waals surface area contributed by atoms with Crippen molar-refractivity contribution >= 4 is 16.6 Å². The van der Waals surface area contributed by atoms with Crippen molar-refractivity contribution < 1.29 is 4.74 Å². The van der Waals surface area contributed by atoms with Gasteiger partial charge < -0.3 is 9.14 Å². The van der Waals surface area contributed by atoms with Crippen LogP contribution in [0.2, 0.25) is 0 Å². The van der Waals surface area contributed by atoms with Gasteiger partial charge in [0.1, 0.15) is 29.2 Å². The summed E-state index contributed by atoms with van der Waals surface area (Å²) in [5.74, 6) is 0.789. The molecule has 3 heterocycles. The quantitative estimate of drug-likeness (QED) is 0.569. The maximum Gasteiger partial charge on any atom is 0.118 e. The van der Waals surface area contributed by atoms with Gasteiger partial charge in [0.2, 0.25) is 0 Å². The minimum Gasteiger partial charge on any atom is -0.497 e. The molecule has 0 saturated heterocycles. The highest BCUT2D eigenvalue weighted by molar-refractivity contribution is 5.99. The van der Waals surface area contributed by atoms with Crippen LogP contribution in [-0.4, -0.2) is 21.5 Å². The number of hydrogen-bond acceptors (Lipinski definition) is 4. The van der Waals surface area contributed by atoms with Crippen LogP contribution >= 0.6 is 0 Å². The van der Waals surface area contributed by atoms with Crippen LogP contribution < -0.4 is 4.74 Å². The number of nitrogens with zero attached hydrogens (tertiary/aromatic N) is 4. The second kappa shape index (κ2) is 5.11. The number of hydrogen-bond donors (Lipinski definition) is 0. The van der Waals surface area contributed by atoms with E-state index in [4.69, 9.17) is 4.74 Å². The molecule has 0 bridgehead atoms. The lowest BCUT2D eigenvalue weighted by Gasteiger charge is -2.05. The average molecular weight is 300 g/mol. The van der Waals surface area contributed by atoms with Gasteiger partial charge in [-0.1, -0.05) is 6.07 Å². The fourth-order valence-corrected chi connectivity index (χ4v) is 2.82. The molecular weight excluding hydrogens is 288 g/mol. The third-order valence-corrected chi connectivity index (χ3v) is 3.89. The van der Waals surface area contributed by atoms with E-state index in [-0.39, 0.29) is 0 Å². The van der Waals surface area contributed by atoms with E-state index in [1.54, 1.807) is 7.11 Å². The molecule has 0 radical (unpaired) electrons. The number of methoxy groups -OCH3 is 1. The monoisotopic (exact) mass is 300 g/mol. The van der Waals surface area contributed by atoms with Crippen LogP contribution in [0.1, 0.15) is 5.56 Å². The van der Waals surface area contributed by atoms with E-state index < -0.39 is 0 Å². The minimum absolute atomic E-state index is 0.567. The maximum atomic E-state index is 9.51. The Hall–Kier alpha value is -3.39. The number of nitriles is 1. The van der Waals surface area contributed by atoms with E-state index in [2.05, 4.69) is 16.0 Å². The van der Waals surface area contributed by atoms with Gasteiger partial charge in [0.05, 0.1) is 23.8 Å². The largest absolute Gasteiger partial charge is 0.497 e. The van der Waals surface area contributed by atoms with E-state index in [0.29, 0.717) is 11.1 Å². The number of ether oxygens (including phenoxy) is 1. The molecule has 23 heavy (non-hydrogen) atoms. The van der Waals surface area contributed by atoms with Crippen LogP contribution in [0, 0.1) is 11.3 Å². The van der Waals surface area contributed by atoms with Crippen molar-refractivity contribution in [3.63, 3.8) is 0 Å². The molecule has 0 amide bonds. The lowest BCUT2D eigenvalue weighted by Crippen LogP contribution is -1.91. The number of fused-ring (bicyclic) bond motifs is 3. The number of aromatic nitrogens is 3. The molecule has 5 nitrogen and oxygen atoms in total. The normalized spacial score (nSPS) is 10.8. The highest BCUT2D eigenvalue weighted by Crippen LogP contribution is 2.31. The Bertz CT molecular complexity index is 1060. The number of pyridine rings is 1. The molecule has 0 fully saturated rings. The Morgan fingerprint density at radius 2 is 1.91 bits per heavy atom. The Kier molecular flexibility index (Phi) is 2.95. The molecular formula is C18H12N4O. The molecule has 4 aromatic rings. The van der Waals surface area contributed by atoms with Crippen molar-refractivity contribution in [2.24, 2.45) is 0 Å². The van der Waals surface area contributed by atoms with Crippen LogP contribution in [0.15, 0.2) is 55.0 Å². The Labute approximate surface area is 132 Å². The van der Waals surface area contributed by atoms with Gasteiger partial charge in [-0.05, 0) is 36.4 Å². The second-order valence-electron chi connectivity index (χ2n) is 5.09. The van der Waals surface area contributed by atoms with Gasteiger partial charge in [0.25, 0.3) is 0 Å². The summed E-state index contributed by atoms with van der Waals surface area (Å²) in [5, 5.41) is 9.51. The molecule has 0 aliphatic heterocycles. The van der Waals surface area contributed by atoms with Crippen molar-refractivity contribution in [1.82, 2.24) is 14.4 Å². The lowest BCUT2D eigenvalue weighted by molar-refractivity contribution is 0.415. The summed E-state index contributed by atoms with van der Waals surface area (Å²) in [5.41, 5.74) is 4.65. The van der Waals surface area contributed by atoms with Crippen molar-refractivity contribution in [3.05, 3.63) is 60.6 Å². The molecule has 0 N–H and O–H groups in total. The summed E-state index contributed by atoms with van der Waals surface area (Å²) in [7, 11) is 1.64. The first-order valence-corrected chi connectivity index (χ1v) is 7.12. The first kappa shape index (κ1) is 13.3. The Morgan fingerprint density at radius 3 is 2.65 bits per heavy atom. The van der Waals surface area contributed by atoms with E-state index >= 15 is 0 Å². The fourth-order valence-electron chi connectivity index (χ4n) is 2.82. The van der Waals surface area contributed by atoms with Gasteiger partial charge in [-0.2, -0.15) is 5.26 Å². The van der Waals surface area contributed by atoms with Gasteiger partial charge in [-0.25, -0.2) is 9.97 Å². The number of benzene rings is 1. The lowest BCUT2D eigenvalue weighted by atomic mass is 10.1. The molecule has 0 atom stereocenters. The molecule has 1 aromatic carbocycles. The predicted octanol–water partition coefficient (Wildman–Crippen LogP) is 3.43. The summed E-state index contributed by atoms with van der Waals surface area (Å²) in [6.07, 6.45) is 3.43. The summed E-state index contributed by atoms with van der Waals surface area (Å²) in [6, 6.07) is 15.7. The molecule has 0 aliphatic rings. The molecule has 3 aromatic heterocycles. The Balaban J connectivity index is 2.10. The first-order chi connectivity index (χ1) is 11.3. The zero-order valence-corrected chi connectivity index (χ0v) is 12.4. The summed E-state index contributed by atoms with van der Waals surface area (Å²) in [4.78, 5) is 8.78. The van der Waals surface area contributed by atoms with Gasteiger partial charge in [0.15, 0.2) is 0 Å². The molecule has 5 heteroatoms. The van der Waals surface area contributed by atoms with Crippen molar-refractivity contribution in [2.45, 2.75) is 0 Å². The smallest absolute Gasteiger partial charge is 0.118 e. The van der Waals surface area contributed by atoms with Crippen molar-refractivity contribution in [2.75, 3.05) is 7.11 Å². The second-order valence-corrected chi connectivity index (χ2v) is 5.09. The van der Waals surface area contributed by atoms with E-state index in [0.717, 1.165) is 28.0 Å². The van der Waals surface area contributed by atoms with Crippen LogP contribution in [0.4, 0.5) is 0 Å². The summed E-state index contributed by atoms with van der Waals surface area (Å²) >= 11 is 0. The van der Waals surface area contributed by atoms with Crippen LogP contribution in [-0.2, 0) is 0 Å². The van der Waals surface area contributed by atoms with Crippen molar-refractivity contribution in [3.8, 4) is 23.1 Å². The molecule has 0 spiro atoms. The molecule has 0 aliphatic carbocycles. The van der Waals surface area contributed by atoms with E-state index in [9.17, 15) is 5.26 Å². The predicted molar refractivity (Wildman–Crippen MR) is 87.2 cm³/mol. The topological polar surface area (TPSA) is 63.2 Å². The van der Waals surface area contributed by atoms with Crippen LogP contribution in [0.25, 0.3) is 27.8 Å². The third-order valence-electron chi connectivity index (χ3n) is 3.89. The average Bonchev–Trinajstić information content (AvgIpc) is 2.95. The molecule has 0 saturated carbocycles. The van der Waals surface area contributed by atoms with E-state index in [1.807, 2.05) is 53.1 Å². The molecule has 4 rings (SSSR count). The minimum atomic E-state index is 0.567. The van der Waals surface area contributed by atoms with Gasteiger partial charge in [-0.15, -0.1) is 0 Å². The highest BCUT2D eigenvalue weighted by atomic mass is 16.5. The first-order valence-electron chi connectivity index (χ1n) is 7.12. The summed E-state index contributed by atoms with van der Waals surface area (Å²) in [6.45, 7) is 0. The highest BCUT2D eigenvalue weighted by Gasteiger charge is 2.17. The zero-order chi connectivity index (χ0) is 15.8. The van der Waals surface area contributed by atoms with Crippen LogP contribution in [0.3, 0.4) is 0 Å². The SMILES string of the molecule is COc1ccc(-c2ncnc3c(C#N)c4ccccn4c23)cc1. The standard InChI is InChI=1S/C18H12N4O/c1-23-13-7-5-12(6-8-13)16-18-17(21-11-20-16)14(10-19)15-4-2-3-9-22(15)18/h2-9,11H,1H3. The number of rotatable bonds is 2. The fraction of sp³-hybridized carbons (Fsp3) is 0.0556. The molecule has 0 unspecified atom stereocenters. The van der Waals surface area contributed by atoms with Gasteiger partial charge in [-0.3, -0.25) is 0 Å². The maximum absolute atomic E-state index is 9.51. The van der Waals surface area contributed by atoms with Crippen LogP contribution in [0.5, 0.6) is 5.75 Å². The Morgan fingerprint density at radius 1 is 1.09 bits per heavy atom. The third kappa shape index (κ3) is 1.93. The van der Waals surface area contributed by atoms with E-state index in [1.165, 1.54) is 6.33 Å². The van der Waals surface area contributed by atoms with Gasteiger partial charge in [0, 0.05) is 11.8 Å². The van der Waals surface area contributed by atoms with Crippen molar-refractivity contribution in [1.29, 1.82) is 5.26 Å². The zero-order valence-electron chi connectivity index (χ0n) is 12.4. The summed E-state index contributed by atoms with van der Waals surface area (Å²) < 4.78 is 7.17.